The van der Waals surface area contributed by atoms with Gasteiger partial charge in [-0.3, -0.25) is 0 Å². The number of rotatable bonds is 3. The second kappa shape index (κ2) is 8.24. The fourth-order valence-corrected chi connectivity index (χ4v) is 3.66. The number of amides is 1. The second-order valence-corrected chi connectivity index (χ2v) is 8.02. The minimum absolute atomic E-state index is 0.0760. The molecule has 0 saturated carbocycles. The van der Waals surface area contributed by atoms with E-state index in [1.54, 1.807) is 32.9 Å². The maximum Gasteiger partial charge on any atom is 0.408 e. The normalized spacial score (nSPS) is 16.7. The Balaban J connectivity index is 2.05. The average Bonchev–Trinajstić information content (AvgIpc) is 3.20. The molecule has 1 heterocycles. The van der Waals surface area contributed by atoms with E-state index in [0.29, 0.717) is 24.2 Å². The lowest BCUT2D eigenvalue weighted by molar-refractivity contribution is 0.0480. The number of fused-ring (bicyclic) bond motifs is 1. The van der Waals surface area contributed by atoms with Gasteiger partial charge in [-0.05, 0) is 62.4 Å². The fraction of sp³-hybridized carbons (Fsp3) is 0.348. The van der Waals surface area contributed by atoms with Crippen molar-refractivity contribution in [2.75, 3.05) is 0 Å². The van der Waals surface area contributed by atoms with E-state index < -0.39 is 17.7 Å². The van der Waals surface area contributed by atoms with Gasteiger partial charge in [0.1, 0.15) is 29.1 Å². The molecule has 1 N–H and O–H groups in total. The maximum atomic E-state index is 12.5. The van der Waals surface area contributed by atoms with Crippen LogP contribution in [0, 0.1) is 28.6 Å². The van der Waals surface area contributed by atoms with Crippen LogP contribution in [0.1, 0.15) is 43.7 Å². The number of nitrogens with zero attached hydrogens (tertiary/aromatic N) is 2. The number of nitrogens with one attached hydrogen (secondary N) is 1. The van der Waals surface area contributed by atoms with Crippen molar-refractivity contribution in [2.24, 2.45) is 5.92 Å². The van der Waals surface area contributed by atoms with Crippen molar-refractivity contribution in [3.63, 3.8) is 0 Å². The third kappa shape index (κ3) is 4.67. The van der Waals surface area contributed by atoms with Crippen LogP contribution < -0.4 is 5.32 Å². The third-order valence-electron chi connectivity index (χ3n) is 4.86. The zero-order valence-electron chi connectivity index (χ0n) is 16.7. The lowest BCUT2D eigenvalue weighted by Crippen LogP contribution is -2.40. The summed E-state index contributed by atoms with van der Waals surface area (Å²) in [5, 5.41) is 22.0. The van der Waals surface area contributed by atoms with E-state index in [1.807, 2.05) is 36.4 Å². The first kappa shape index (κ1) is 20.2. The van der Waals surface area contributed by atoms with Crippen LogP contribution in [0.25, 0.3) is 0 Å². The summed E-state index contributed by atoms with van der Waals surface area (Å²) in [7, 11) is 0. The summed E-state index contributed by atoms with van der Waals surface area (Å²) in [6.45, 7) is 5.38. The van der Waals surface area contributed by atoms with Gasteiger partial charge in [-0.2, -0.15) is 10.5 Å². The Kier molecular flexibility index (Phi) is 5.75. The van der Waals surface area contributed by atoms with E-state index in [1.165, 1.54) is 6.26 Å². The molecule has 1 aliphatic carbocycles. The van der Waals surface area contributed by atoms with Gasteiger partial charge in [-0.25, -0.2) is 4.79 Å². The standard InChI is InChI=1S/C23H23N3O3/c1-23(2,3)29-22(27)26-21(20-9-6-10-28-20)19-12-16-8-5-4-7-15(16)11-18(19)17(13-24)14-25/h4-10,19,21H,11-12H2,1-3H3,(H,26,27)/t19-,21-/m0/s1. The first-order valence-corrected chi connectivity index (χ1v) is 9.45. The van der Waals surface area contributed by atoms with Crippen LogP contribution in [0.5, 0.6) is 0 Å². The molecule has 3 rings (SSSR count). The predicted octanol–water partition coefficient (Wildman–Crippen LogP) is 4.60. The first-order valence-electron chi connectivity index (χ1n) is 9.45. The summed E-state index contributed by atoms with van der Waals surface area (Å²) in [4.78, 5) is 12.5. The molecule has 0 saturated heterocycles. The summed E-state index contributed by atoms with van der Waals surface area (Å²) >= 11 is 0. The minimum Gasteiger partial charge on any atom is -0.467 e. The SMILES string of the molecule is CC(C)(C)OC(=O)N[C@H](c1ccco1)[C@H]1Cc2ccccc2CC1=C(C#N)C#N. The molecule has 1 amide bonds. The monoisotopic (exact) mass is 389 g/mol. The van der Waals surface area contributed by atoms with Crippen molar-refractivity contribution in [2.45, 2.75) is 45.3 Å². The molecule has 148 valence electrons. The number of benzene rings is 1. The summed E-state index contributed by atoms with van der Waals surface area (Å²) in [6, 6.07) is 14.9. The number of hydrogen-bond acceptors (Lipinski definition) is 5. The second-order valence-electron chi connectivity index (χ2n) is 8.02. The molecule has 6 nitrogen and oxygen atoms in total. The maximum absolute atomic E-state index is 12.5. The molecule has 1 aromatic heterocycles. The van der Waals surface area contributed by atoms with Crippen molar-refractivity contribution in [3.05, 3.63) is 70.7 Å². The Morgan fingerprint density at radius 1 is 1.17 bits per heavy atom. The highest BCUT2D eigenvalue weighted by molar-refractivity contribution is 5.68. The van der Waals surface area contributed by atoms with Crippen LogP contribution in [0.15, 0.2) is 58.2 Å². The molecule has 2 atom stereocenters. The Morgan fingerprint density at radius 2 is 1.86 bits per heavy atom. The van der Waals surface area contributed by atoms with E-state index in [0.717, 1.165) is 11.1 Å². The van der Waals surface area contributed by atoms with Gasteiger partial charge in [0.15, 0.2) is 0 Å². The first-order chi connectivity index (χ1) is 13.8. The average molecular weight is 389 g/mol. The van der Waals surface area contributed by atoms with Crippen molar-refractivity contribution in [1.82, 2.24) is 5.32 Å². The molecule has 2 aromatic rings. The summed E-state index contributed by atoms with van der Waals surface area (Å²) in [5.41, 5.74) is 2.33. The van der Waals surface area contributed by atoms with Gasteiger partial charge in [0.2, 0.25) is 0 Å². The van der Waals surface area contributed by atoms with E-state index in [-0.39, 0.29) is 11.5 Å². The number of ether oxygens (including phenoxy) is 1. The Morgan fingerprint density at radius 3 is 2.45 bits per heavy atom. The number of furan rings is 1. The van der Waals surface area contributed by atoms with Crippen molar-refractivity contribution in [3.8, 4) is 12.1 Å². The lowest BCUT2D eigenvalue weighted by atomic mass is 9.74. The lowest BCUT2D eigenvalue weighted by Gasteiger charge is -2.34. The Hall–Kier alpha value is -3.51. The summed E-state index contributed by atoms with van der Waals surface area (Å²) < 4.78 is 11.0. The third-order valence-corrected chi connectivity index (χ3v) is 4.86. The van der Waals surface area contributed by atoms with Crippen molar-refractivity contribution in [1.29, 1.82) is 10.5 Å². The summed E-state index contributed by atoms with van der Waals surface area (Å²) in [5.74, 6) is 0.242. The molecule has 0 unspecified atom stereocenters. The van der Waals surface area contributed by atoms with Crippen LogP contribution in [0.2, 0.25) is 0 Å². The fourth-order valence-electron chi connectivity index (χ4n) is 3.66. The van der Waals surface area contributed by atoms with Crippen LogP contribution in [-0.2, 0) is 17.6 Å². The van der Waals surface area contributed by atoms with E-state index in [2.05, 4.69) is 5.32 Å². The molecule has 0 aliphatic heterocycles. The quantitative estimate of drug-likeness (QED) is 0.773. The van der Waals surface area contributed by atoms with Gasteiger partial charge < -0.3 is 14.5 Å². The predicted molar refractivity (Wildman–Crippen MR) is 106 cm³/mol. The topological polar surface area (TPSA) is 99.0 Å². The van der Waals surface area contributed by atoms with E-state index in [9.17, 15) is 15.3 Å². The van der Waals surface area contributed by atoms with Gasteiger partial charge in [0, 0.05) is 5.92 Å². The molecule has 0 bridgehead atoms. The molecule has 1 aromatic carbocycles. The number of allylic oxidation sites excluding steroid dienone is 1. The van der Waals surface area contributed by atoms with Gasteiger partial charge in [0.05, 0.1) is 12.3 Å². The van der Waals surface area contributed by atoms with Gasteiger partial charge in [-0.1, -0.05) is 24.3 Å². The van der Waals surface area contributed by atoms with Crippen molar-refractivity contribution >= 4 is 6.09 Å². The molecular formula is C23H23N3O3. The zero-order valence-corrected chi connectivity index (χ0v) is 16.7. The Bertz CT molecular complexity index is 985. The number of carbonyl (C=O) groups excluding carboxylic acids is 1. The highest BCUT2D eigenvalue weighted by Crippen LogP contribution is 2.39. The van der Waals surface area contributed by atoms with Gasteiger partial charge in [0.25, 0.3) is 0 Å². The summed E-state index contributed by atoms with van der Waals surface area (Å²) in [6.07, 6.45) is 2.01. The number of hydrogen-bond donors (Lipinski definition) is 1. The smallest absolute Gasteiger partial charge is 0.408 e. The molecule has 6 heteroatoms. The largest absolute Gasteiger partial charge is 0.467 e. The van der Waals surface area contributed by atoms with Crippen molar-refractivity contribution < 1.29 is 13.9 Å². The zero-order chi connectivity index (χ0) is 21.0. The molecule has 0 spiro atoms. The van der Waals surface area contributed by atoms with Gasteiger partial charge in [-0.15, -0.1) is 0 Å². The highest BCUT2D eigenvalue weighted by atomic mass is 16.6. The van der Waals surface area contributed by atoms with E-state index in [4.69, 9.17) is 9.15 Å². The molecule has 1 aliphatic rings. The number of nitriles is 2. The van der Waals surface area contributed by atoms with Crippen LogP contribution in [-0.4, -0.2) is 11.7 Å². The highest BCUT2D eigenvalue weighted by Gasteiger charge is 2.36. The molecule has 0 radical (unpaired) electrons. The minimum atomic E-state index is -0.653. The van der Waals surface area contributed by atoms with Crippen LogP contribution >= 0.6 is 0 Å². The van der Waals surface area contributed by atoms with Gasteiger partial charge >= 0.3 is 6.09 Å². The number of alkyl carbamates (subject to hydrolysis) is 1. The van der Waals surface area contributed by atoms with E-state index >= 15 is 0 Å². The Labute approximate surface area is 170 Å². The molecule has 0 fully saturated rings. The number of carbonyl (C=O) groups is 1. The van der Waals surface area contributed by atoms with Crippen LogP contribution in [0.4, 0.5) is 4.79 Å². The molecular weight excluding hydrogens is 366 g/mol. The van der Waals surface area contributed by atoms with Crippen LogP contribution in [0.3, 0.4) is 0 Å². The molecule has 29 heavy (non-hydrogen) atoms.